The molecule has 0 N–H and O–H groups in total. The summed E-state index contributed by atoms with van der Waals surface area (Å²) in [5, 5.41) is 0. The number of rotatable bonds is 2. The summed E-state index contributed by atoms with van der Waals surface area (Å²) in [5.74, 6) is -0.185. The van der Waals surface area contributed by atoms with Crippen LogP contribution in [0, 0.1) is 0 Å². The predicted molar refractivity (Wildman–Crippen MR) is 100 cm³/mol. The van der Waals surface area contributed by atoms with Crippen molar-refractivity contribution in [3.8, 4) is 0 Å². The van der Waals surface area contributed by atoms with Crippen LogP contribution in [0.3, 0.4) is 0 Å². The lowest BCUT2D eigenvalue weighted by atomic mass is 9.99. The van der Waals surface area contributed by atoms with Crippen LogP contribution in [0.25, 0.3) is 0 Å². The molecule has 4 heteroatoms. The number of amides is 2. The second-order valence-corrected chi connectivity index (χ2v) is 6.89. The fourth-order valence-electron chi connectivity index (χ4n) is 3.72. The molecule has 0 aromatic heterocycles. The van der Waals surface area contributed by atoms with E-state index in [1.54, 1.807) is 9.80 Å². The molecule has 0 fully saturated rings. The van der Waals surface area contributed by atoms with Gasteiger partial charge in [0.05, 0.1) is 0 Å². The van der Waals surface area contributed by atoms with E-state index >= 15 is 0 Å². The molecule has 2 aromatic rings. The van der Waals surface area contributed by atoms with Crippen LogP contribution in [-0.2, 0) is 35.5 Å². The Morgan fingerprint density at radius 2 is 1.04 bits per heavy atom. The highest BCUT2D eigenvalue weighted by atomic mass is 16.2. The Morgan fingerprint density at radius 1 is 0.654 bits per heavy atom. The zero-order valence-corrected chi connectivity index (χ0v) is 14.7. The van der Waals surface area contributed by atoms with Gasteiger partial charge in [-0.05, 0) is 35.1 Å². The Bertz CT molecular complexity index is 800. The third-order valence-corrected chi connectivity index (χ3v) is 5.25. The van der Waals surface area contributed by atoms with E-state index in [-0.39, 0.29) is 11.8 Å². The molecular formula is C22H22N2O2. The lowest BCUT2D eigenvalue weighted by Gasteiger charge is -2.29. The molecule has 2 amide bonds. The molecule has 0 radical (unpaired) electrons. The van der Waals surface area contributed by atoms with Gasteiger partial charge in [-0.3, -0.25) is 9.59 Å². The first-order valence-electron chi connectivity index (χ1n) is 9.10. The first-order chi connectivity index (χ1) is 12.7. The van der Waals surface area contributed by atoms with E-state index < -0.39 is 0 Å². The van der Waals surface area contributed by atoms with Crippen LogP contribution >= 0.6 is 0 Å². The zero-order chi connectivity index (χ0) is 17.9. The van der Waals surface area contributed by atoms with Gasteiger partial charge in [-0.1, -0.05) is 48.5 Å². The maximum atomic E-state index is 12.5. The number of nitrogens with zero attached hydrogens (tertiary/aromatic N) is 2. The molecule has 132 valence electrons. The van der Waals surface area contributed by atoms with E-state index in [1.807, 2.05) is 24.3 Å². The largest absolute Gasteiger partial charge is 0.334 e. The highest BCUT2D eigenvalue weighted by Gasteiger charge is 2.21. The van der Waals surface area contributed by atoms with Crippen LogP contribution in [-0.4, -0.2) is 34.7 Å². The van der Waals surface area contributed by atoms with Crippen molar-refractivity contribution in [3.05, 3.63) is 82.9 Å². The van der Waals surface area contributed by atoms with E-state index in [1.165, 1.54) is 34.4 Å². The van der Waals surface area contributed by atoms with Gasteiger partial charge in [0.15, 0.2) is 0 Å². The third kappa shape index (κ3) is 3.40. The minimum Gasteiger partial charge on any atom is -0.334 e. The Hall–Kier alpha value is -2.88. The zero-order valence-electron chi connectivity index (χ0n) is 14.7. The molecule has 0 saturated heterocycles. The lowest BCUT2D eigenvalue weighted by Crippen LogP contribution is -2.36. The number of hydrogen-bond donors (Lipinski definition) is 0. The molecular weight excluding hydrogens is 324 g/mol. The highest BCUT2D eigenvalue weighted by molar-refractivity contribution is 5.96. The third-order valence-electron chi connectivity index (χ3n) is 5.25. The quantitative estimate of drug-likeness (QED) is 0.785. The lowest BCUT2D eigenvalue weighted by molar-refractivity contribution is -0.129. The predicted octanol–water partition coefficient (Wildman–Crippen LogP) is 2.71. The second-order valence-electron chi connectivity index (χ2n) is 6.89. The average Bonchev–Trinajstić information content (AvgIpc) is 2.71. The molecule has 0 aliphatic carbocycles. The van der Waals surface area contributed by atoms with E-state index in [0.29, 0.717) is 26.2 Å². The number of benzene rings is 2. The average molecular weight is 346 g/mol. The summed E-state index contributed by atoms with van der Waals surface area (Å²) in [4.78, 5) is 28.5. The Labute approximate surface area is 153 Å². The molecule has 0 spiro atoms. The first-order valence-corrected chi connectivity index (χ1v) is 9.10. The summed E-state index contributed by atoms with van der Waals surface area (Å²) >= 11 is 0. The molecule has 2 aromatic carbocycles. The van der Waals surface area contributed by atoms with Crippen LogP contribution in [0.1, 0.15) is 22.3 Å². The molecule has 0 unspecified atom stereocenters. The molecule has 0 atom stereocenters. The maximum absolute atomic E-state index is 12.5. The summed E-state index contributed by atoms with van der Waals surface area (Å²) in [6.45, 7) is 2.63. The van der Waals surface area contributed by atoms with Crippen LogP contribution < -0.4 is 0 Å². The van der Waals surface area contributed by atoms with E-state index in [0.717, 1.165) is 12.8 Å². The maximum Gasteiger partial charge on any atom is 0.247 e. The molecule has 4 nitrogen and oxygen atoms in total. The van der Waals surface area contributed by atoms with Crippen molar-refractivity contribution in [1.29, 1.82) is 0 Å². The van der Waals surface area contributed by atoms with E-state index in [9.17, 15) is 9.59 Å². The van der Waals surface area contributed by atoms with E-state index in [4.69, 9.17) is 0 Å². The van der Waals surface area contributed by atoms with Crippen molar-refractivity contribution in [3.63, 3.8) is 0 Å². The second kappa shape index (κ2) is 7.16. The van der Waals surface area contributed by atoms with Crippen LogP contribution in [0.4, 0.5) is 0 Å². The van der Waals surface area contributed by atoms with Gasteiger partial charge >= 0.3 is 0 Å². The number of carbonyl (C=O) groups is 2. The van der Waals surface area contributed by atoms with Crippen LogP contribution in [0.5, 0.6) is 0 Å². The smallest absolute Gasteiger partial charge is 0.247 e. The Kier molecular flexibility index (Phi) is 4.57. The first kappa shape index (κ1) is 16.6. The summed E-state index contributed by atoms with van der Waals surface area (Å²) in [6.07, 6.45) is 4.59. The summed E-state index contributed by atoms with van der Waals surface area (Å²) in [5.41, 5.74) is 5.01. The van der Waals surface area contributed by atoms with Crippen molar-refractivity contribution in [2.75, 3.05) is 13.1 Å². The molecule has 0 saturated carbocycles. The van der Waals surface area contributed by atoms with Gasteiger partial charge in [-0.25, -0.2) is 0 Å². The fraction of sp³-hybridized carbons (Fsp3) is 0.273. The minimum absolute atomic E-state index is 0.0923. The summed E-state index contributed by atoms with van der Waals surface area (Å²) < 4.78 is 0. The van der Waals surface area contributed by atoms with Gasteiger partial charge < -0.3 is 9.80 Å². The van der Waals surface area contributed by atoms with Crippen LogP contribution in [0.15, 0.2) is 60.7 Å². The van der Waals surface area contributed by atoms with Crippen molar-refractivity contribution >= 4 is 11.8 Å². The molecule has 26 heavy (non-hydrogen) atoms. The van der Waals surface area contributed by atoms with Gasteiger partial charge in [-0.2, -0.15) is 0 Å². The van der Waals surface area contributed by atoms with Crippen LogP contribution in [0.2, 0.25) is 0 Å². The van der Waals surface area contributed by atoms with Gasteiger partial charge in [0.1, 0.15) is 0 Å². The molecule has 2 aliphatic heterocycles. The molecule has 2 aliphatic rings. The normalized spacial score (nSPS) is 16.3. The summed E-state index contributed by atoms with van der Waals surface area (Å²) in [7, 11) is 0. The van der Waals surface area contributed by atoms with Gasteiger partial charge in [-0.15, -0.1) is 0 Å². The van der Waals surface area contributed by atoms with Gasteiger partial charge in [0.2, 0.25) is 11.8 Å². The van der Waals surface area contributed by atoms with E-state index in [2.05, 4.69) is 24.3 Å². The van der Waals surface area contributed by atoms with Crippen molar-refractivity contribution < 1.29 is 9.59 Å². The molecule has 0 bridgehead atoms. The van der Waals surface area contributed by atoms with Crippen molar-refractivity contribution in [2.24, 2.45) is 0 Å². The highest BCUT2D eigenvalue weighted by Crippen LogP contribution is 2.20. The Balaban J connectivity index is 1.38. The number of hydrogen-bond acceptors (Lipinski definition) is 2. The van der Waals surface area contributed by atoms with Gasteiger partial charge in [0.25, 0.3) is 0 Å². The topological polar surface area (TPSA) is 40.6 Å². The number of fused-ring (bicyclic) bond motifs is 2. The van der Waals surface area contributed by atoms with Gasteiger partial charge in [0, 0.05) is 38.3 Å². The molecule has 4 rings (SSSR count). The number of carbonyl (C=O) groups excluding carboxylic acids is 2. The Morgan fingerprint density at radius 3 is 1.46 bits per heavy atom. The SMILES string of the molecule is O=C(/C=C/C(=O)N1CCc2ccccc2C1)N1CCc2ccccc2C1. The fourth-order valence-corrected chi connectivity index (χ4v) is 3.72. The minimum atomic E-state index is -0.0923. The van der Waals surface area contributed by atoms with Crippen molar-refractivity contribution in [1.82, 2.24) is 9.80 Å². The van der Waals surface area contributed by atoms with Crippen molar-refractivity contribution in [2.45, 2.75) is 25.9 Å². The summed E-state index contributed by atoms with van der Waals surface area (Å²) in [6, 6.07) is 16.4. The monoisotopic (exact) mass is 346 g/mol. The standard InChI is InChI=1S/C22H22N2O2/c25-21(23-13-11-17-5-1-3-7-19(17)15-23)9-10-22(26)24-14-12-18-6-2-4-8-20(18)16-24/h1-10H,11-16H2/b10-9+. The molecule has 2 heterocycles.